The first-order chi connectivity index (χ1) is 8.65. The molecular weight excluding hydrogens is 227 g/mol. The minimum absolute atomic E-state index is 0.128. The van der Waals surface area contributed by atoms with Gasteiger partial charge in [-0.05, 0) is 50.9 Å². The van der Waals surface area contributed by atoms with E-state index in [0.29, 0.717) is 12.1 Å². The van der Waals surface area contributed by atoms with Crippen LogP contribution in [0.1, 0.15) is 25.3 Å². The maximum absolute atomic E-state index is 13.5. The number of piperazine rings is 1. The molecule has 2 atom stereocenters. The van der Waals surface area contributed by atoms with Crippen molar-refractivity contribution in [3.05, 3.63) is 29.6 Å². The third kappa shape index (κ3) is 2.01. The third-order valence-corrected chi connectivity index (χ3v) is 4.42. The lowest BCUT2D eigenvalue weighted by Gasteiger charge is -2.44. The Hall–Kier alpha value is -1.09. The van der Waals surface area contributed by atoms with E-state index in [9.17, 15) is 4.39 Å². The second-order valence-electron chi connectivity index (χ2n) is 5.72. The quantitative estimate of drug-likeness (QED) is 0.754. The second-order valence-corrected chi connectivity index (χ2v) is 5.72. The highest BCUT2D eigenvalue weighted by Crippen LogP contribution is 2.30. The van der Waals surface area contributed by atoms with Crippen molar-refractivity contribution in [1.29, 1.82) is 0 Å². The van der Waals surface area contributed by atoms with E-state index in [1.54, 1.807) is 12.1 Å². The Morgan fingerprint density at radius 2 is 2.11 bits per heavy atom. The summed E-state index contributed by atoms with van der Waals surface area (Å²) in [5.41, 5.74) is 2.25. The highest BCUT2D eigenvalue weighted by molar-refractivity contribution is 5.54. The molecule has 2 heterocycles. The van der Waals surface area contributed by atoms with E-state index < -0.39 is 0 Å². The molecule has 0 spiro atoms. The van der Waals surface area contributed by atoms with Gasteiger partial charge in [0.25, 0.3) is 0 Å². The van der Waals surface area contributed by atoms with Crippen molar-refractivity contribution >= 4 is 5.69 Å². The molecule has 0 radical (unpaired) electrons. The Morgan fingerprint density at radius 1 is 1.28 bits per heavy atom. The SMILES string of the molecule is Cc1ccc(F)cc1N1CC2CCCN2CC1C. The molecule has 2 aliphatic rings. The Kier molecular flexibility index (Phi) is 3.02. The lowest BCUT2D eigenvalue weighted by atomic mass is 10.0. The Labute approximate surface area is 108 Å². The topological polar surface area (TPSA) is 6.48 Å². The molecule has 1 aromatic carbocycles. The molecular formula is C15H21FN2. The molecule has 0 aliphatic carbocycles. The summed E-state index contributed by atoms with van der Waals surface area (Å²) in [4.78, 5) is 4.99. The molecule has 2 fully saturated rings. The van der Waals surface area contributed by atoms with Gasteiger partial charge in [-0.3, -0.25) is 4.90 Å². The predicted molar refractivity (Wildman–Crippen MR) is 72.5 cm³/mol. The normalized spacial score (nSPS) is 28.5. The Bertz CT molecular complexity index is 446. The van der Waals surface area contributed by atoms with Gasteiger partial charge in [-0.2, -0.15) is 0 Å². The summed E-state index contributed by atoms with van der Waals surface area (Å²) in [5, 5.41) is 0. The van der Waals surface area contributed by atoms with Crippen LogP contribution in [0, 0.1) is 12.7 Å². The first kappa shape index (κ1) is 12.0. The van der Waals surface area contributed by atoms with E-state index in [-0.39, 0.29) is 5.82 Å². The van der Waals surface area contributed by atoms with Crippen molar-refractivity contribution in [1.82, 2.24) is 4.90 Å². The van der Waals surface area contributed by atoms with Crippen LogP contribution >= 0.6 is 0 Å². The number of anilines is 1. The number of hydrogen-bond donors (Lipinski definition) is 0. The van der Waals surface area contributed by atoms with Crippen LogP contribution in [0.5, 0.6) is 0 Å². The van der Waals surface area contributed by atoms with Crippen LogP contribution in [0.25, 0.3) is 0 Å². The van der Waals surface area contributed by atoms with E-state index in [1.807, 2.05) is 6.07 Å². The minimum atomic E-state index is -0.128. The van der Waals surface area contributed by atoms with E-state index >= 15 is 0 Å². The molecule has 2 unspecified atom stereocenters. The van der Waals surface area contributed by atoms with Crippen molar-refractivity contribution in [2.45, 2.75) is 38.8 Å². The molecule has 0 amide bonds. The summed E-state index contributed by atoms with van der Waals surface area (Å²) in [7, 11) is 0. The largest absolute Gasteiger partial charge is 0.366 e. The lowest BCUT2D eigenvalue weighted by Crippen LogP contribution is -2.55. The van der Waals surface area contributed by atoms with Gasteiger partial charge >= 0.3 is 0 Å². The Morgan fingerprint density at radius 3 is 2.94 bits per heavy atom. The zero-order valence-corrected chi connectivity index (χ0v) is 11.2. The number of fused-ring (bicyclic) bond motifs is 1. The van der Waals surface area contributed by atoms with Crippen LogP contribution < -0.4 is 4.90 Å². The molecule has 18 heavy (non-hydrogen) atoms. The maximum Gasteiger partial charge on any atom is 0.125 e. The van der Waals surface area contributed by atoms with E-state index in [0.717, 1.165) is 18.8 Å². The van der Waals surface area contributed by atoms with Crippen LogP contribution in [0.4, 0.5) is 10.1 Å². The molecule has 0 bridgehead atoms. The second kappa shape index (κ2) is 4.54. The lowest BCUT2D eigenvalue weighted by molar-refractivity contribution is 0.203. The molecule has 0 N–H and O–H groups in total. The first-order valence-electron chi connectivity index (χ1n) is 6.92. The van der Waals surface area contributed by atoms with Gasteiger partial charge in [-0.25, -0.2) is 4.39 Å². The number of hydrogen-bond acceptors (Lipinski definition) is 2. The minimum Gasteiger partial charge on any atom is -0.366 e. The van der Waals surface area contributed by atoms with Gasteiger partial charge in [0.15, 0.2) is 0 Å². The van der Waals surface area contributed by atoms with E-state index in [4.69, 9.17) is 0 Å². The number of aryl methyl sites for hydroxylation is 1. The highest BCUT2D eigenvalue weighted by atomic mass is 19.1. The van der Waals surface area contributed by atoms with Gasteiger partial charge in [0, 0.05) is 30.9 Å². The van der Waals surface area contributed by atoms with E-state index in [1.165, 1.54) is 24.9 Å². The third-order valence-electron chi connectivity index (χ3n) is 4.42. The number of nitrogens with zero attached hydrogens (tertiary/aromatic N) is 2. The van der Waals surface area contributed by atoms with Crippen molar-refractivity contribution in [2.24, 2.45) is 0 Å². The van der Waals surface area contributed by atoms with Gasteiger partial charge in [0.2, 0.25) is 0 Å². The standard InChI is InChI=1S/C15H21FN2/c1-11-5-6-13(16)8-15(11)18-10-14-4-3-7-17(14)9-12(18)2/h5-6,8,12,14H,3-4,7,9-10H2,1-2H3. The van der Waals surface area contributed by atoms with Gasteiger partial charge in [-0.1, -0.05) is 6.07 Å². The molecule has 3 heteroatoms. The van der Waals surface area contributed by atoms with Crippen molar-refractivity contribution in [3.8, 4) is 0 Å². The van der Waals surface area contributed by atoms with Crippen LogP contribution in [-0.4, -0.2) is 36.6 Å². The van der Waals surface area contributed by atoms with Gasteiger partial charge < -0.3 is 4.90 Å². The molecule has 2 aliphatic heterocycles. The van der Waals surface area contributed by atoms with Crippen LogP contribution in [0.2, 0.25) is 0 Å². The number of halogens is 1. The van der Waals surface area contributed by atoms with Crippen molar-refractivity contribution < 1.29 is 4.39 Å². The summed E-state index contributed by atoms with van der Waals surface area (Å²) in [6, 6.07) is 6.27. The van der Waals surface area contributed by atoms with Crippen molar-refractivity contribution in [2.75, 3.05) is 24.5 Å². The first-order valence-corrected chi connectivity index (χ1v) is 6.92. The Balaban J connectivity index is 1.88. The summed E-state index contributed by atoms with van der Waals surface area (Å²) >= 11 is 0. The van der Waals surface area contributed by atoms with Crippen LogP contribution in [0.15, 0.2) is 18.2 Å². The zero-order chi connectivity index (χ0) is 12.7. The van der Waals surface area contributed by atoms with Crippen LogP contribution in [-0.2, 0) is 0 Å². The summed E-state index contributed by atoms with van der Waals surface area (Å²) in [5.74, 6) is -0.128. The molecule has 2 saturated heterocycles. The van der Waals surface area contributed by atoms with Crippen LogP contribution in [0.3, 0.4) is 0 Å². The fraction of sp³-hybridized carbons (Fsp3) is 0.600. The number of rotatable bonds is 1. The maximum atomic E-state index is 13.5. The van der Waals surface area contributed by atoms with Crippen molar-refractivity contribution in [3.63, 3.8) is 0 Å². The summed E-state index contributed by atoms with van der Waals surface area (Å²) < 4.78 is 13.5. The molecule has 3 rings (SSSR count). The van der Waals surface area contributed by atoms with Gasteiger partial charge in [0.05, 0.1) is 0 Å². The monoisotopic (exact) mass is 248 g/mol. The molecule has 0 aromatic heterocycles. The fourth-order valence-electron chi connectivity index (χ4n) is 3.41. The van der Waals surface area contributed by atoms with Gasteiger partial charge in [0.1, 0.15) is 5.82 Å². The number of benzene rings is 1. The average Bonchev–Trinajstić information content (AvgIpc) is 2.78. The van der Waals surface area contributed by atoms with Gasteiger partial charge in [-0.15, -0.1) is 0 Å². The summed E-state index contributed by atoms with van der Waals surface area (Å²) in [6.07, 6.45) is 2.60. The highest BCUT2D eigenvalue weighted by Gasteiger charge is 2.34. The molecule has 0 saturated carbocycles. The molecule has 98 valence electrons. The zero-order valence-electron chi connectivity index (χ0n) is 11.2. The molecule has 1 aromatic rings. The summed E-state index contributed by atoms with van der Waals surface area (Å²) in [6.45, 7) is 7.72. The fourth-order valence-corrected chi connectivity index (χ4v) is 3.41. The molecule has 2 nitrogen and oxygen atoms in total. The smallest absolute Gasteiger partial charge is 0.125 e. The average molecular weight is 248 g/mol. The van der Waals surface area contributed by atoms with E-state index in [2.05, 4.69) is 23.6 Å². The predicted octanol–water partition coefficient (Wildman–Crippen LogP) is 2.81.